The molecule has 0 aliphatic heterocycles. The number of ether oxygens (including phenoxy) is 3. The average Bonchev–Trinajstić information content (AvgIpc) is 2.98. The Morgan fingerprint density at radius 1 is 0.644 bits per heavy atom. The monoisotopic (exact) mass is 640 g/mol. The van der Waals surface area contributed by atoms with Crippen LogP contribution < -0.4 is 5.11 Å². The molecule has 0 spiro atoms. The van der Waals surface area contributed by atoms with E-state index >= 15 is 0 Å². The number of esters is 2. The van der Waals surface area contributed by atoms with Gasteiger partial charge in [0, 0.05) is 19.3 Å². The van der Waals surface area contributed by atoms with Crippen molar-refractivity contribution in [2.24, 2.45) is 0 Å². The fourth-order valence-electron chi connectivity index (χ4n) is 5.23. The first-order chi connectivity index (χ1) is 21.6. The van der Waals surface area contributed by atoms with E-state index in [1.807, 2.05) is 0 Å². The maximum absolute atomic E-state index is 12.6. The zero-order valence-electron chi connectivity index (χ0n) is 29.8. The van der Waals surface area contributed by atoms with Gasteiger partial charge >= 0.3 is 11.9 Å². The lowest BCUT2D eigenvalue weighted by molar-refractivity contribution is -0.889. The van der Waals surface area contributed by atoms with Gasteiger partial charge in [-0.1, -0.05) is 116 Å². The molecule has 0 aromatic heterocycles. The van der Waals surface area contributed by atoms with Gasteiger partial charge in [0.2, 0.25) is 0 Å². The number of unbranched alkanes of at least 4 members (excludes halogenated alkanes) is 16. The van der Waals surface area contributed by atoms with E-state index in [0.29, 0.717) is 12.8 Å². The molecule has 0 fully saturated rings. The SMILES string of the molecule is CCCC/C=C\CCCCCCCC(=O)OC(COCCC(C(=O)[O-])[N+](C)(C)C)COC(=O)CCCCCCCCCCCC. The van der Waals surface area contributed by atoms with Crippen LogP contribution >= 0.6 is 0 Å². The molecule has 45 heavy (non-hydrogen) atoms. The van der Waals surface area contributed by atoms with Crippen LogP contribution in [0.4, 0.5) is 0 Å². The number of nitrogens with zero attached hydrogens (tertiary/aromatic N) is 1. The molecular weight excluding hydrogens is 570 g/mol. The van der Waals surface area contributed by atoms with Crippen molar-refractivity contribution < 1.29 is 38.2 Å². The summed E-state index contributed by atoms with van der Waals surface area (Å²) >= 11 is 0. The number of hydrogen-bond acceptors (Lipinski definition) is 7. The zero-order valence-corrected chi connectivity index (χ0v) is 29.8. The lowest BCUT2D eigenvalue weighted by atomic mass is 10.1. The van der Waals surface area contributed by atoms with E-state index in [-0.39, 0.29) is 42.7 Å². The Balaban J connectivity index is 4.46. The van der Waals surface area contributed by atoms with Crippen molar-refractivity contribution in [1.82, 2.24) is 0 Å². The van der Waals surface area contributed by atoms with Crippen molar-refractivity contribution in [3.05, 3.63) is 12.2 Å². The summed E-state index contributed by atoms with van der Waals surface area (Å²) in [5, 5.41) is 11.5. The minimum absolute atomic E-state index is 0.0416. The van der Waals surface area contributed by atoms with Crippen LogP contribution in [0.1, 0.15) is 155 Å². The first-order valence-corrected chi connectivity index (χ1v) is 18.2. The number of aliphatic carboxylic acids is 1. The maximum Gasteiger partial charge on any atom is 0.306 e. The van der Waals surface area contributed by atoms with Crippen LogP contribution in [0.25, 0.3) is 0 Å². The van der Waals surface area contributed by atoms with Crippen molar-refractivity contribution in [2.45, 2.75) is 167 Å². The number of likely N-dealkylation sites (N-methyl/N-ethyl adjacent to an activating group) is 1. The Labute approximate surface area is 276 Å². The van der Waals surface area contributed by atoms with Gasteiger partial charge in [-0.25, -0.2) is 0 Å². The van der Waals surface area contributed by atoms with Crippen LogP contribution in [-0.2, 0) is 28.6 Å². The van der Waals surface area contributed by atoms with Crippen LogP contribution in [0.3, 0.4) is 0 Å². The maximum atomic E-state index is 12.6. The zero-order chi connectivity index (χ0) is 33.6. The Morgan fingerprint density at radius 2 is 1.13 bits per heavy atom. The standard InChI is InChI=1S/C37H69NO7/c1-6-8-10-12-14-16-18-20-22-24-26-28-36(40)45-33(31-43-30-29-34(37(41)42)38(3,4)5)32-44-35(39)27-25-23-21-19-17-15-13-11-9-7-2/h12,14,33-34H,6-11,13,15-32H2,1-5H3/b14-12-. The van der Waals surface area contributed by atoms with Gasteiger partial charge in [-0.2, -0.15) is 0 Å². The number of quaternary nitrogens is 1. The lowest BCUT2D eigenvalue weighted by Gasteiger charge is -2.34. The average molecular weight is 640 g/mol. The number of carboxylic acids is 1. The third-order valence-electron chi connectivity index (χ3n) is 8.15. The molecule has 0 N–H and O–H groups in total. The van der Waals surface area contributed by atoms with Crippen LogP contribution in [0, 0.1) is 0 Å². The van der Waals surface area contributed by atoms with Crippen molar-refractivity contribution in [3.63, 3.8) is 0 Å². The highest BCUT2D eigenvalue weighted by atomic mass is 16.6. The Bertz CT molecular complexity index is 762. The van der Waals surface area contributed by atoms with E-state index in [9.17, 15) is 19.5 Å². The summed E-state index contributed by atoms with van der Waals surface area (Å²) in [7, 11) is 5.39. The van der Waals surface area contributed by atoms with Gasteiger partial charge in [0.25, 0.3) is 0 Å². The third-order valence-corrected chi connectivity index (χ3v) is 8.15. The van der Waals surface area contributed by atoms with Crippen molar-refractivity contribution in [1.29, 1.82) is 0 Å². The Kier molecular flexibility index (Phi) is 28.2. The van der Waals surface area contributed by atoms with Gasteiger partial charge < -0.3 is 28.6 Å². The molecule has 0 amide bonds. The molecule has 2 unspecified atom stereocenters. The molecule has 0 aliphatic carbocycles. The molecular formula is C37H69NO7. The second kappa shape index (κ2) is 29.5. The third kappa shape index (κ3) is 28.1. The molecule has 0 rings (SSSR count). The molecule has 0 saturated heterocycles. The summed E-state index contributed by atoms with van der Waals surface area (Å²) in [4.78, 5) is 36.5. The molecule has 0 radical (unpaired) electrons. The van der Waals surface area contributed by atoms with Gasteiger partial charge in [-0.3, -0.25) is 9.59 Å². The lowest BCUT2D eigenvalue weighted by Crippen LogP contribution is -2.55. The smallest absolute Gasteiger partial charge is 0.306 e. The van der Waals surface area contributed by atoms with E-state index in [1.165, 1.54) is 70.6 Å². The molecule has 0 bridgehead atoms. The summed E-state index contributed by atoms with van der Waals surface area (Å²) < 4.78 is 17.0. The quantitative estimate of drug-likeness (QED) is 0.0326. The highest BCUT2D eigenvalue weighted by molar-refractivity contribution is 5.70. The van der Waals surface area contributed by atoms with Gasteiger partial charge in [-0.05, 0) is 32.1 Å². The summed E-state index contributed by atoms with van der Waals surface area (Å²) in [5.74, 6) is -1.75. The second-order valence-electron chi connectivity index (χ2n) is 13.5. The number of carboxylic acid groups (broad SMARTS) is 1. The highest BCUT2D eigenvalue weighted by Crippen LogP contribution is 2.13. The molecule has 0 saturated carbocycles. The predicted octanol–water partition coefficient (Wildman–Crippen LogP) is 7.46. The van der Waals surface area contributed by atoms with Gasteiger partial charge in [0.15, 0.2) is 6.10 Å². The predicted molar refractivity (Wildman–Crippen MR) is 181 cm³/mol. The number of carbonyl (C=O) groups excluding carboxylic acids is 3. The largest absolute Gasteiger partial charge is 0.544 e. The van der Waals surface area contributed by atoms with Gasteiger partial charge in [0.1, 0.15) is 12.6 Å². The topological polar surface area (TPSA) is 102 Å². The Morgan fingerprint density at radius 3 is 1.67 bits per heavy atom. The van der Waals surface area contributed by atoms with E-state index in [0.717, 1.165) is 51.4 Å². The van der Waals surface area contributed by atoms with E-state index in [4.69, 9.17) is 14.2 Å². The van der Waals surface area contributed by atoms with Crippen LogP contribution in [0.5, 0.6) is 0 Å². The first kappa shape index (κ1) is 43.1. The Hall–Kier alpha value is -1.93. The van der Waals surface area contributed by atoms with Crippen molar-refractivity contribution >= 4 is 17.9 Å². The van der Waals surface area contributed by atoms with Crippen molar-refractivity contribution in [2.75, 3.05) is 41.0 Å². The molecule has 2 atom stereocenters. The van der Waals surface area contributed by atoms with Crippen LogP contribution in [0.15, 0.2) is 12.2 Å². The summed E-state index contributed by atoms with van der Waals surface area (Å²) in [5.41, 5.74) is 0. The van der Waals surface area contributed by atoms with E-state index in [1.54, 1.807) is 21.1 Å². The van der Waals surface area contributed by atoms with Crippen LogP contribution in [0.2, 0.25) is 0 Å². The van der Waals surface area contributed by atoms with E-state index < -0.39 is 18.1 Å². The molecule has 0 heterocycles. The minimum atomic E-state index is -1.13. The molecule has 0 aliphatic rings. The molecule has 8 nitrogen and oxygen atoms in total. The normalized spacial score (nSPS) is 13.2. The number of rotatable bonds is 32. The first-order valence-electron chi connectivity index (χ1n) is 18.2. The van der Waals surface area contributed by atoms with Crippen LogP contribution in [-0.4, -0.2) is 75.5 Å². The molecule has 264 valence electrons. The number of allylic oxidation sites excluding steroid dienone is 2. The number of hydrogen-bond donors (Lipinski definition) is 0. The molecule has 8 heteroatoms. The number of carbonyl (C=O) groups is 3. The second-order valence-corrected chi connectivity index (χ2v) is 13.5. The molecule has 0 aromatic rings. The van der Waals surface area contributed by atoms with Gasteiger partial charge in [0.05, 0.1) is 40.3 Å². The fourth-order valence-corrected chi connectivity index (χ4v) is 5.23. The van der Waals surface area contributed by atoms with Crippen molar-refractivity contribution in [3.8, 4) is 0 Å². The summed E-state index contributed by atoms with van der Waals surface area (Å²) in [6.07, 6.45) is 26.6. The molecule has 0 aromatic carbocycles. The summed E-state index contributed by atoms with van der Waals surface area (Å²) in [6, 6.07) is -0.720. The highest BCUT2D eigenvalue weighted by Gasteiger charge is 2.25. The minimum Gasteiger partial charge on any atom is -0.544 e. The summed E-state index contributed by atoms with van der Waals surface area (Å²) in [6.45, 7) is 4.59. The van der Waals surface area contributed by atoms with Gasteiger partial charge in [-0.15, -0.1) is 0 Å². The fraction of sp³-hybridized carbons (Fsp3) is 0.865. The van der Waals surface area contributed by atoms with E-state index in [2.05, 4.69) is 26.0 Å².